The first kappa shape index (κ1) is 17.6. The van der Waals surface area contributed by atoms with Gasteiger partial charge in [0.1, 0.15) is 18.2 Å². The van der Waals surface area contributed by atoms with E-state index in [1.54, 1.807) is 41.2 Å². The number of hydrogen-bond acceptors (Lipinski definition) is 3. The van der Waals surface area contributed by atoms with Crippen molar-refractivity contribution in [1.82, 2.24) is 19.7 Å². The van der Waals surface area contributed by atoms with Crippen LogP contribution >= 0.6 is 0 Å². The monoisotopic (exact) mass is 379 g/mol. The van der Waals surface area contributed by atoms with Gasteiger partial charge in [0.15, 0.2) is 0 Å². The number of H-pyrrole nitrogens is 1. The molecule has 0 aliphatic carbocycles. The average molecular weight is 379 g/mol. The normalized spacial score (nSPS) is 11.4. The summed E-state index contributed by atoms with van der Waals surface area (Å²) in [4.78, 5) is 16.0. The van der Waals surface area contributed by atoms with Crippen molar-refractivity contribution in [1.29, 1.82) is 0 Å². The predicted octanol–water partition coefficient (Wildman–Crippen LogP) is 3.85. The second kappa shape index (κ2) is 7.43. The van der Waals surface area contributed by atoms with Gasteiger partial charge in [0.25, 0.3) is 0 Å². The number of nitrogens with zero attached hydrogens (tertiary/aromatic N) is 3. The molecule has 0 saturated carbocycles. The molecule has 0 radical (unpaired) electrons. The molecule has 8 heteroatoms. The highest BCUT2D eigenvalue weighted by Crippen LogP contribution is 2.25. The van der Waals surface area contributed by atoms with Gasteiger partial charge in [-0.2, -0.15) is 5.10 Å². The van der Waals surface area contributed by atoms with Gasteiger partial charge in [-0.05, 0) is 29.8 Å². The molecule has 1 amide bonds. The Hall–Kier alpha value is -3.81. The number of carbonyl (C=O) groups excluding carboxylic acids is 1. The minimum Gasteiger partial charge on any atom is -0.328 e. The van der Waals surface area contributed by atoms with Crippen molar-refractivity contribution >= 4 is 34.6 Å². The molecule has 2 heterocycles. The van der Waals surface area contributed by atoms with E-state index in [9.17, 15) is 13.6 Å². The molecule has 0 spiro atoms. The number of rotatable bonds is 5. The van der Waals surface area contributed by atoms with Crippen molar-refractivity contribution in [2.45, 2.75) is 6.54 Å². The Kier molecular flexibility index (Phi) is 4.67. The lowest BCUT2D eigenvalue weighted by atomic mass is 10.1. The Morgan fingerprint density at radius 1 is 1.18 bits per heavy atom. The molecule has 0 aliphatic heterocycles. The van der Waals surface area contributed by atoms with Crippen LogP contribution in [0.25, 0.3) is 23.1 Å². The summed E-state index contributed by atoms with van der Waals surface area (Å²) in [5.41, 5.74) is 1.94. The lowest BCUT2D eigenvalue weighted by Gasteiger charge is -2.07. The highest BCUT2D eigenvalue weighted by molar-refractivity contribution is 5.96. The summed E-state index contributed by atoms with van der Waals surface area (Å²) >= 11 is 0. The third kappa shape index (κ3) is 3.80. The molecular formula is C20H15F2N5O. The summed E-state index contributed by atoms with van der Waals surface area (Å²) in [5.74, 6) is -1.25. The minimum absolute atomic E-state index is 0.0280. The number of benzene rings is 2. The molecule has 4 rings (SSSR count). The molecule has 2 aromatic carbocycles. The third-order valence-electron chi connectivity index (χ3n) is 4.14. The van der Waals surface area contributed by atoms with Crippen molar-refractivity contribution in [3.05, 3.63) is 78.0 Å². The van der Waals surface area contributed by atoms with E-state index in [1.807, 2.05) is 0 Å². The maximum Gasteiger partial charge on any atom is 0.244 e. The number of fused-ring (bicyclic) bond motifs is 1. The van der Waals surface area contributed by atoms with E-state index in [0.29, 0.717) is 16.6 Å². The van der Waals surface area contributed by atoms with Gasteiger partial charge < -0.3 is 9.88 Å². The summed E-state index contributed by atoms with van der Waals surface area (Å²) in [6.07, 6.45) is 8.23. The van der Waals surface area contributed by atoms with E-state index >= 15 is 0 Å². The van der Waals surface area contributed by atoms with Crippen LogP contribution < -0.4 is 5.32 Å². The van der Waals surface area contributed by atoms with Gasteiger partial charge in [-0.25, -0.2) is 13.8 Å². The van der Waals surface area contributed by atoms with Crippen LogP contribution in [0.4, 0.5) is 14.5 Å². The summed E-state index contributed by atoms with van der Waals surface area (Å²) in [7, 11) is 0. The lowest BCUT2D eigenvalue weighted by molar-refractivity contribution is -0.116. The first-order valence-electron chi connectivity index (χ1n) is 8.45. The van der Waals surface area contributed by atoms with Crippen molar-refractivity contribution in [2.75, 3.05) is 5.32 Å². The van der Waals surface area contributed by atoms with Gasteiger partial charge in [-0.3, -0.25) is 9.89 Å². The first-order chi connectivity index (χ1) is 13.6. The molecule has 0 atom stereocenters. The maximum absolute atomic E-state index is 14.3. The van der Waals surface area contributed by atoms with E-state index in [0.717, 1.165) is 5.56 Å². The smallest absolute Gasteiger partial charge is 0.244 e. The highest BCUT2D eigenvalue weighted by atomic mass is 19.1. The largest absolute Gasteiger partial charge is 0.328 e. The van der Waals surface area contributed by atoms with Gasteiger partial charge in [0.2, 0.25) is 5.91 Å². The van der Waals surface area contributed by atoms with Crippen LogP contribution in [-0.2, 0) is 11.3 Å². The van der Waals surface area contributed by atoms with Gasteiger partial charge >= 0.3 is 0 Å². The average Bonchev–Trinajstić information content (AvgIpc) is 3.31. The quantitative estimate of drug-likeness (QED) is 0.553. The van der Waals surface area contributed by atoms with Crippen LogP contribution in [0.1, 0.15) is 11.3 Å². The fourth-order valence-corrected chi connectivity index (χ4v) is 2.77. The fraction of sp³-hybridized carbons (Fsp3) is 0.0500. The molecule has 0 unspecified atom stereocenters. The molecule has 0 bridgehead atoms. The van der Waals surface area contributed by atoms with Crippen LogP contribution in [0.5, 0.6) is 0 Å². The lowest BCUT2D eigenvalue weighted by Crippen LogP contribution is -2.18. The number of halogens is 2. The maximum atomic E-state index is 14.3. The van der Waals surface area contributed by atoms with Crippen LogP contribution in [0, 0.1) is 11.6 Å². The Morgan fingerprint density at radius 2 is 2.00 bits per heavy atom. The van der Waals surface area contributed by atoms with Crippen molar-refractivity contribution in [3.8, 4) is 0 Å². The Morgan fingerprint density at radius 3 is 2.75 bits per heavy atom. The third-order valence-corrected chi connectivity index (χ3v) is 4.14. The zero-order chi connectivity index (χ0) is 19.5. The van der Waals surface area contributed by atoms with Gasteiger partial charge in [-0.1, -0.05) is 18.2 Å². The second-order valence-electron chi connectivity index (χ2n) is 6.15. The number of imidazole rings is 1. The molecule has 0 fully saturated rings. The molecule has 140 valence electrons. The zero-order valence-corrected chi connectivity index (χ0v) is 14.6. The molecule has 28 heavy (non-hydrogen) atoms. The number of aromatic nitrogens is 4. The molecular weight excluding hydrogens is 364 g/mol. The van der Waals surface area contributed by atoms with Crippen molar-refractivity contribution in [2.24, 2.45) is 0 Å². The van der Waals surface area contributed by atoms with E-state index < -0.39 is 5.82 Å². The van der Waals surface area contributed by atoms with E-state index in [2.05, 4.69) is 20.5 Å². The molecule has 6 nitrogen and oxygen atoms in total. The van der Waals surface area contributed by atoms with Crippen LogP contribution in [0.2, 0.25) is 0 Å². The second-order valence-corrected chi connectivity index (χ2v) is 6.15. The number of aromatic amines is 1. The SMILES string of the molecule is O=C(Cn1ccnc1)Nc1cc2c(/C=C/c3ccc(F)cc3)n[nH]c2cc1F. The van der Waals surface area contributed by atoms with Gasteiger partial charge in [0.05, 0.1) is 23.2 Å². The predicted molar refractivity (Wildman–Crippen MR) is 102 cm³/mol. The molecule has 4 aromatic rings. The van der Waals surface area contributed by atoms with E-state index in [-0.39, 0.29) is 24.0 Å². The van der Waals surface area contributed by atoms with E-state index in [4.69, 9.17) is 0 Å². The Bertz CT molecular complexity index is 1150. The molecule has 2 N–H and O–H groups in total. The number of hydrogen-bond donors (Lipinski definition) is 2. The number of carbonyl (C=O) groups is 1. The van der Waals surface area contributed by atoms with Crippen molar-refractivity contribution in [3.63, 3.8) is 0 Å². The summed E-state index contributed by atoms with van der Waals surface area (Å²) < 4.78 is 28.9. The van der Waals surface area contributed by atoms with Gasteiger partial charge in [-0.15, -0.1) is 0 Å². The first-order valence-corrected chi connectivity index (χ1v) is 8.45. The summed E-state index contributed by atoms with van der Waals surface area (Å²) in [6, 6.07) is 8.83. The number of amides is 1. The topological polar surface area (TPSA) is 75.6 Å². The number of anilines is 1. The zero-order valence-electron chi connectivity index (χ0n) is 14.6. The molecule has 0 aliphatic rings. The molecule has 0 saturated heterocycles. The fourth-order valence-electron chi connectivity index (χ4n) is 2.77. The standard InChI is InChI=1S/C20H15F2N5O/c21-14-4-1-13(2-5-14)3-6-17-15-9-19(16(22)10-18(15)26-25-17)24-20(28)11-27-8-7-23-12-27/h1-10,12H,11H2,(H,24,28)(H,25,26)/b6-3+. The summed E-state index contributed by atoms with van der Waals surface area (Å²) in [5, 5.41) is 10.2. The summed E-state index contributed by atoms with van der Waals surface area (Å²) in [6.45, 7) is 0.0280. The van der Waals surface area contributed by atoms with Crippen LogP contribution in [0.3, 0.4) is 0 Å². The molecule has 2 aromatic heterocycles. The minimum atomic E-state index is -0.566. The Labute approximate surface area is 158 Å². The Balaban J connectivity index is 1.58. The van der Waals surface area contributed by atoms with E-state index in [1.165, 1.54) is 30.6 Å². The van der Waals surface area contributed by atoms with Gasteiger partial charge in [0, 0.05) is 23.8 Å². The number of nitrogens with one attached hydrogen (secondary N) is 2. The van der Waals surface area contributed by atoms with Crippen LogP contribution in [-0.4, -0.2) is 25.7 Å². The highest BCUT2D eigenvalue weighted by Gasteiger charge is 2.12. The van der Waals surface area contributed by atoms with Crippen molar-refractivity contribution < 1.29 is 13.6 Å². The van der Waals surface area contributed by atoms with Crippen LogP contribution in [0.15, 0.2) is 55.1 Å².